The van der Waals surface area contributed by atoms with E-state index in [0.717, 1.165) is 35.2 Å². The number of fused-ring (bicyclic) bond motifs is 1. The van der Waals surface area contributed by atoms with Crippen LogP contribution in [0.3, 0.4) is 0 Å². The van der Waals surface area contributed by atoms with Crippen molar-refractivity contribution in [2.24, 2.45) is 5.73 Å². The van der Waals surface area contributed by atoms with Crippen molar-refractivity contribution >= 4 is 11.7 Å². The number of aryl methyl sites for hydroxylation is 1. The zero-order valence-electron chi connectivity index (χ0n) is 16.1. The number of carbonyl (C=O) groups is 1. The second-order valence-corrected chi connectivity index (χ2v) is 6.93. The van der Waals surface area contributed by atoms with E-state index in [1.807, 2.05) is 36.4 Å². The number of hydrogen-bond acceptors (Lipinski definition) is 4. The Labute approximate surface area is 167 Å². The van der Waals surface area contributed by atoms with Gasteiger partial charge in [-0.25, -0.2) is 14.5 Å². The minimum atomic E-state index is -0.457. The van der Waals surface area contributed by atoms with E-state index in [-0.39, 0.29) is 5.56 Å². The molecule has 0 unspecified atom stereocenters. The van der Waals surface area contributed by atoms with Crippen LogP contribution < -0.4 is 11.3 Å². The monoisotopic (exact) mass is 387 g/mol. The lowest BCUT2D eigenvalue weighted by Gasteiger charge is -2.10. The SMILES string of the molecule is CCCc1nc2[nH]ncn2c(=O)c1Cc1ccc(-c2ccccc2C(N)=O)cc1. The van der Waals surface area contributed by atoms with Crippen LogP contribution in [-0.4, -0.2) is 25.5 Å². The Morgan fingerprint density at radius 3 is 2.62 bits per heavy atom. The predicted molar refractivity (Wildman–Crippen MR) is 111 cm³/mol. The maximum atomic E-state index is 12.9. The fourth-order valence-electron chi connectivity index (χ4n) is 3.52. The molecule has 0 fully saturated rings. The zero-order chi connectivity index (χ0) is 20.4. The van der Waals surface area contributed by atoms with E-state index in [1.54, 1.807) is 12.1 Å². The molecule has 0 spiro atoms. The number of H-pyrrole nitrogens is 1. The van der Waals surface area contributed by atoms with Gasteiger partial charge < -0.3 is 5.73 Å². The first-order valence-corrected chi connectivity index (χ1v) is 9.50. The summed E-state index contributed by atoms with van der Waals surface area (Å²) in [4.78, 5) is 29.2. The van der Waals surface area contributed by atoms with Crippen molar-refractivity contribution in [1.82, 2.24) is 19.6 Å². The lowest BCUT2D eigenvalue weighted by Crippen LogP contribution is -2.22. The third-order valence-electron chi connectivity index (χ3n) is 4.96. The molecule has 0 bridgehead atoms. The first-order valence-electron chi connectivity index (χ1n) is 9.50. The van der Waals surface area contributed by atoms with Crippen molar-refractivity contribution in [3.63, 3.8) is 0 Å². The van der Waals surface area contributed by atoms with Crippen LogP contribution in [0.15, 0.2) is 59.7 Å². The molecule has 2 aromatic carbocycles. The molecule has 0 saturated carbocycles. The zero-order valence-corrected chi connectivity index (χ0v) is 16.1. The van der Waals surface area contributed by atoms with Crippen molar-refractivity contribution in [3.8, 4) is 11.1 Å². The highest BCUT2D eigenvalue weighted by Crippen LogP contribution is 2.24. The Morgan fingerprint density at radius 2 is 1.90 bits per heavy atom. The highest BCUT2D eigenvalue weighted by Gasteiger charge is 2.14. The molecule has 2 heterocycles. The fourth-order valence-corrected chi connectivity index (χ4v) is 3.52. The van der Waals surface area contributed by atoms with Crippen LogP contribution >= 0.6 is 0 Å². The average Bonchev–Trinajstić information content (AvgIpc) is 3.20. The van der Waals surface area contributed by atoms with Gasteiger partial charge in [-0.2, -0.15) is 5.10 Å². The van der Waals surface area contributed by atoms with Crippen molar-refractivity contribution in [1.29, 1.82) is 0 Å². The molecule has 0 aliphatic heterocycles. The van der Waals surface area contributed by atoms with Gasteiger partial charge in [-0.3, -0.25) is 9.59 Å². The summed E-state index contributed by atoms with van der Waals surface area (Å²) < 4.78 is 1.44. The molecule has 7 heteroatoms. The van der Waals surface area contributed by atoms with Crippen LogP contribution in [0.5, 0.6) is 0 Å². The summed E-state index contributed by atoms with van der Waals surface area (Å²) in [6.45, 7) is 2.06. The van der Waals surface area contributed by atoms with E-state index >= 15 is 0 Å². The second-order valence-electron chi connectivity index (χ2n) is 6.93. The predicted octanol–water partition coefficient (Wildman–Crippen LogP) is 2.73. The van der Waals surface area contributed by atoms with E-state index in [2.05, 4.69) is 22.1 Å². The number of amides is 1. The molecule has 4 aromatic rings. The Kier molecular flexibility index (Phi) is 4.95. The molecular weight excluding hydrogens is 366 g/mol. The lowest BCUT2D eigenvalue weighted by molar-refractivity contribution is 0.100. The van der Waals surface area contributed by atoms with E-state index in [0.29, 0.717) is 23.3 Å². The van der Waals surface area contributed by atoms with Gasteiger partial charge in [0.25, 0.3) is 5.56 Å². The summed E-state index contributed by atoms with van der Waals surface area (Å²) in [5.41, 5.74) is 10.0. The number of nitrogens with two attached hydrogens (primary N) is 1. The Morgan fingerprint density at radius 1 is 1.14 bits per heavy atom. The Bertz CT molecular complexity index is 1240. The van der Waals surface area contributed by atoms with Gasteiger partial charge in [-0.15, -0.1) is 0 Å². The minimum absolute atomic E-state index is 0.102. The third-order valence-corrected chi connectivity index (χ3v) is 4.96. The van der Waals surface area contributed by atoms with Gasteiger partial charge in [0.1, 0.15) is 6.33 Å². The summed E-state index contributed by atoms with van der Waals surface area (Å²) in [6.07, 6.45) is 3.55. The maximum Gasteiger partial charge on any atom is 0.264 e. The third kappa shape index (κ3) is 3.54. The molecule has 4 rings (SSSR count). The van der Waals surface area contributed by atoms with Gasteiger partial charge in [0.2, 0.25) is 11.7 Å². The van der Waals surface area contributed by atoms with Crippen LogP contribution in [0, 0.1) is 0 Å². The van der Waals surface area contributed by atoms with Gasteiger partial charge in [-0.1, -0.05) is 55.8 Å². The molecule has 0 aliphatic carbocycles. The van der Waals surface area contributed by atoms with Gasteiger partial charge in [0, 0.05) is 17.5 Å². The quantitative estimate of drug-likeness (QED) is 0.530. The molecule has 0 atom stereocenters. The standard InChI is InChI=1S/C22H21N5O2/c1-2-5-19-18(21(29)27-13-24-26-22(27)25-19)12-14-8-10-15(11-9-14)16-6-3-4-7-17(16)20(23)28/h3-4,6-11,13H,2,5,12H2,1H3,(H2,23,28)(H,25,26). The molecule has 2 aromatic heterocycles. The smallest absolute Gasteiger partial charge is 0.264 e. The van der Waals surface area contributed by atoms with Crippen LogP contribution in [0.4, 0.5) is 0 Å². The van der Waals surface area contributed by atoms with Crippen molar-refractivity contribution in [3.05, 3.63) is 87.6 Å². The topological polar surface area (TPSA) is 106 Å². The largest absolute Gasteiger partial charge is 0.366 e. The van der Waals surface area contributed by atoms with Crippen LogP contribution in [0.2, 0.25) is 0 Å². The van der Waals surface area contributed by atoms with E-state index < -0.39 is 5.91 Å². The minimum Gasteiger partial charge on any atom is -0.366 e. The Hall–Kier alpha value is -3.74. The Balaban J connectivity index is 1.70. The van der Waals surface area contributed by atoms with Crippen molar-refractivity contribution in [2.75, 3.05) is 0 Å². The number of carbonyl (C=O) groups excluding carboxylic acids is 1. The number of primary amides is 1. The molecule has 7 nitrogen and oxygen atoms in total. The van der Waals surface area contributed by atoms with E-state index in [9.17, 15) is 9.59 Å². The summed E-state index contributed by atoms with van der Waals surface area (Å²) in [5, 5.41) is 6.67. The van der Waals surface area contributed by atoms with Crippen molar-refractivity contribution in [2.45, 2.75) is 26.2 Å². The molecule has 0 saturated heterocycles. The summed E-state index contributed by atoms with van der Waals surface area (Å²) in [5.74, 6) is 0.00185. The van der Waals surface area contributed by atoms with Gasteiger partial charge >= 0.3 is 0 Å². The molecular formula is C22H21N5O2. The number of nitrogens with zero attached hydrogens (tertiary/aromatic N) is 3. The lowest BCUT2D eigenvalue weighted by atomic mass is 9.96. The molecule has 29 heavy (non-hydrogen) atoms. The molecule has 146 valence electrons. The number of benzene rings is 2. The normalized spacial score (nSPS) is 11.1. The number of aromatic nitrogens is 4. The number of aromatic amines is 1. The average molecular weight is 387 g/mol. The van der Waals surface area contributed by atoms with Crippen LogP contribution in [-0.2, 0) is 12.8 Å². The van der Waals surface area contributed by atoms with Crippen molar-refractivity contribution < 1.29 is 4.79 Å². The summed E-state index contributed by atoms with van der Waals surface area (Å²) in [7, 11) is 0. The van der Waals surface area contributed by atoms with E-state index in [4.69, 9.17) is 5.73 Å². The molecule has 3 N–H and O–H groups in total. The van der Waals surface area contributed by atoms with E-state index in [1.165, 1.54) is 10.7 Å². The molecule has 0 aliphatic rings. The second kappa shape index (κ2) is 7.71. The maximum absolute atomic E-state index is 12.9. The fraction of sp³-hybridized carbons (Fsp3) is 0.182. The van der Waals surface area contributed by atoms with Gasteiger partial charge in [-0.05, 0) is 29.2 Å². The molecule has 1 amide bonds. The number of hydrogen-bond donors (Lipinski definition) is 2. The highest BCUT2D eigenvalue weighted by atomic mass is 16.1. The number of nitrogens with one attached hydrogen (secondary N) is 1. The number of rotatable bonds is 6. The summed E-state index contributed by atoms with van der Waals surface area (Å²) >= 11 is 0. The highest BCUT2D eigenvalue weighted by molar-refractivity contribution is 5.99. The first-order chi connectivity index (χ1) is 14.1. The van der Waals surface area contributed by atoms with Gasteiger partial charge in [0.15, 0.2) is 0 Å². The molecule has 0 radical (unpaired) electrons. The van der Waals surface area contributed by atoms with Crippen LogP contribution in [0.1, 0.15) is 40.5 Å². The van der Waals surface area contributed by atoms with Crippen LogP contribution in [0.25, 0.3) is 16.9 Å². The first kappa shape index (κ1) is 18.6. The van der Waals surface area contributed by atoms with Gasteiger partial charge in [0.05, 0.1) is 5.69 Å². The summed E-state index contributed by atoms with van der Waals surface area (Å²) in [6, 6.07) is 15.1.